The number of thioether (sulfide) groups is 2. The molecule has 0 saturated carbocycles. The van der Waals surface area contributed by atoms with Gasteiger partial charge < -0.3 is 0 Å². The highest BCUT2D eigenvalue weighted by atomic mass is 32.2. The van der Waals surface area contributed by atoms with E-state index in [0.29, 0.717) is 6.54 Å². The number of hydrogen-bond acceptors (Lipinski definition) is 4. The van der Waals surface area contributed by atoms with E-state index in [-0.39, 0.29) is 5.56 Å². The van der Waals surface area contributed by atoms with E-state index in [9.17, 15) is 4.79 Å². The molecule has 0 atom stereocenters. The number of nitrogens with zero attached hydrogens (tertiary/aromatic N) is 2. The third kappa shape index (κ3) is 1.48. The van der Waals surface area contributed by atoms with E-state index in [1.54, 1.807) is 28.1 Å². The minimum Gasteiger partial charge on any atom is -0.287 e. The van der Waals surface area contributed by atoms with Crippen LogP contribution in [0.5, 0.6) is 0 Å². The van der Waals surface area contributed by atoms with Crippen molar-refractivity contribution in [3.05, 3.63) is 16.0 Å². The quantitative estimate of drug-likeness (QED) is 0.569. The fourth-order valence-corrected chi connectivity index (χ4v) is 3.24. The molecule has 1 aromatic heterocycles. The van der Waals surface area contributed by atoms with E-state index in [4.69, 9.17) is 0 Å². The summed E-state index contributed by atoms with van der Waals surface area (Å²) in [7, 11) is 0. The van der Waals surface area contributed by atoms with E-state index in [0.717, 1.165) is 27.9 Å². The van der Waals surface area contributed by atoms with Gasteiger partial charge in [0.1, 0.15) is 0 Å². The van der Waals surface area contributed by atoms with Crippen molar-refractivity contribution in [3.63, 3.8) is 0 Å². The number of aromatic nitrogens is 2. The van der Waals surface area contributed by atoms with Gasteiger partial charge in [0.15, 0.2) is 5.16 Å². The fourth-order valence-electron chi connectivity index (χ4n) is 1.56. The minimum absolute atomic E-state index is 0.143. The van der Waals surface area contributed by atoms with Crippen molar-refractivity contribution in [2.24, 2.45) is 0 Å². The number of rotatable bonds is 2. The van der Waals surface area contributed by atoms with Crippen LogP contribution in [0.3, 0.4) is 0 Å². The monoisotopic (exact) mass is 228 g/mol. The molecule has 0 fully saturated rings. The summed E-state index contributed by atoms with van der Waals surface area (Å²) in [6.45, 7) is 2.69. The lowest BCUT2D eigenvalue weighted by atomic mass is 10.3. The van der Waals surface area contributed by atoms with E-state index in [1.807, 2.05) is 13.2 Å². The van der Waals surface area contributed by atoms with Crippen LogP contribution < -0.4 is 5.56 Å². The summed E-state index contributed by atoms with van der Waals surface area (Å²) in [4.78, 5) is 17.3. The molecule has 3 nitrogen and oxygen atoms in total. The number of fused-ring (bicyclic) bond motifs is 1. The van der Waals surface area contributed by atoms with Gasteiger partial charge in [-0.3, -0.25) is 9.36 Å². The van der Waals surface area contributed by atoms with Crippen LogP contribution in [0.25, 0.3) is 0 Å². The Morgan fingerprint density at radius 2 is 2.43 bits per heavy atom. The van der Waals surface area contributed by atoms with Crippen molar-refractivity contribution < 1.29 is 0 Å². The Morgan fingerprint density at radius 1 is 1.64 bits per heavy atom. The van der Waals surface area contributed by atoms with Gasteiger partial charge >= 0.3 is 0 Å². The molecule has 0 N–H and O–H groups in total. The van der Waals surface area contributed by atoms with Crippen LogP contribution in [0.4, 0.5) is 0 Å². The molecule has 1 aliphatic rings. The second kappa shape index (κ2) is 3.98. The van der Waals surface area contributed by atoms with Crippen LogP contribution in [0.15, 0.2) is 14.8 Å². The Labute approximate surface area is 91.3 Å². The third-order valence-corrected chi connectivity index (χ3v) is 4.03. The molecular weight excluding hydrogens is 216 g/mol. The molecule has 0 amide bonds. The zero-order chi connectivity index (χ0) is 10.1. The molecule has 2 heterocycles. The molecular formula is C9H12N2OS2. The first-order valence-corrected chi connectivity index (χ1v) is 6.79. The smallest absolute Gasteiger partial charge is 0.268 e. The lowest BCUT2D eigenvalue weighted by Crippen LogP contribution is -2.24. The largest absolute Gasteiger partial charge is 0.287 e. The summed E-state index contributed by atoms with van der Waals surface area (Å²) in [5, 5.41) is 0.846. The normalized spacial score (nSPS) is 14.4. The second-order valence-corrected chi connectivity index (χ2v) is 4.90. The molecule has 1 aliphatic heterocycles. The summed E-state index contributed by atoms with van der Waals surface area (Å²) in [6.07, 6.45) is 2.90. The van der Waals surface area contributed by atoms with Gasteiger partial charge in [0.05, 0.1) is 10.6 Å². The highest BCUT2D eigenvalue weighted by molar-refractivity contribution is 7.99. The Morgan fingerprint density at radius 3 is 3.07 bits per heavy atom. The molecule has 76 valence electrons. The first-order valence-electron chi connectivity index (χ1n) is 4.58. The summed E-state index contributed by atoms with van der Waals surface area (Å²) >= 11 is 3.18. The average molecular weight is 228 g/mol. The van der Waals surface area contributed by atoms with Gasteiger partial charge in [-0.2, -0.15) is 0 Å². The molecule has 2 rings (SSSR count). The topological polar surface area (TPSA) is 34.9 Å². The van der Waals surface area contributed by atoms with E-state index < -0.39 is 0 Å². The predicted octanol–water partition coefficient (Wildman–Crippen LogP) is 1.63. The van der Waals surface area contributed by atoms with Crippen molar-refractivity contribution in [1.82, 2.24) is 9.55 Å². The Kier molecular flexibility index (Phi) is 2.88. The van der Waals surface area contributed by atoms with Crippen molar-refractivity contribution in [3.8, 4) is 0 Å². The van der Waals surface area contributed by atoms with Crippen LogP contribution in [-0.4, -0.2) is 21.6 Å². The minimum atomic E-state index is 0.143. The number of hydrogen-bond donors (Lipinski definition) is 0. The van der Waals surface area contributed by atoms with Crippen molar-refractivity contribution in [2.45, 2.75) is 29.9 Å². The average Bonchev–Trinajstić information content (AvgIpc) is 2.65. The molecule has 0 radical (unpaired) electrons. The molecule has 0 unspecified atom stereocenters. The first kappa shape index (κ1) is 10.1. The first-order chi connectivity index (χ1) is 6.77. The van der Waals surface area contributed by atoms with Crippen LogP contribution in [0.2, 0.25) is 0 Å². The van der Waals surface area contributed by atoms with Gasteiger partial charge in [-0.25, -0.2) is 4.98 Å². The van der Waals surface area contributed by atoms with Gasteiger partial charge in [0, 0.05) is 18.7 Å². The molecule has 5 heteroatoms. The fraction of sp³-hybridized carbons (Fsp3) is 0.556. The van der Waals surface area contributed by atoms with E-state index in [2.05, 4.69) is 4.98 Å². The van der Waals surface area contributed by atoms with Gasteiger partial charge in [0.2, 0.25) is 0 Å². The summed E-state index contributed by atoms with van der Waals surface area (Å²) in [5.74, 6) is 0.999. The molecule has 0 saturated heterocycles. The highest BCUT2D eigenvalue weighted by Gasteiger charge is 2.20. The van der Waals surface area contributed by atoms with Gasteiger partial charge in [-0.1, -0.05) is 11.8 Å². The van der Waals surface area contributed by atoms with Crippen molar-refractivity contribution in [2.75, 3.05) is 12.0 Å². The van der Waals surface area contributed by atoms with Gasteiger partial charge in [-0.05, 0) is 13.2 Å². The lowest BCUT2D eigenvalue weighted by Gasteiger charge is -2.09. The van der Waals surface area contributed by atoms with Gasteiger partial charge in [-0.15, -0.1) is 11.8 Å². The molecule has 14 heavy (non-hydrogen) atoms. The predicted molar refractivity (Wildman–Crippen MR) is 60.4 cm³/mol. The lowest BCUT2D eigenvalue weighted by molar-refractivity contribution is 0.598. The molecule has 1 aromatic rings. The standard InChI is InChI=1S/C9H12N2OS2/c1-3-11-8(12)7-6(4-5-14-7)10-9(11)13-2/h3-5H2,1-2H3. The van der Waals surface area contributed by atoms with Crippen LogP contribution in [0, 0.1) is 0 Å². The van der Waals surface area contributed by atoms with E-state index in [1.165, 1.54) is 0 Å². The van der Waals surface area contributed by atoms with Crippen LogP contribution in [0.1, 0.15) is 12.6 Å². The Bertz CT molecular complexity index is 414. The number of aryl methyl sites for hydroxylation is 1. The zero-order valence-corrected chi connectivity index (χ0v) is 9.87. The van der Waals surface area contributed by atoms with E-state index >= 15 is 0 Å². The Balaban J connectivity index is 2.66. The maximum atomic E-state index is 12.0. The molecule has 0 aliphatic carbocycles. The van der Waals surface area contributed by atoms with Crippen molar-refractivity contribution in [1.29, 1.82) is 0 Å². The second-order valence-electron chi connectivity index (χ2n) is 3.02. The summed E-state index contributed by atoms with van der Waals surface area (Å²) < 4.78 is 1.75. The summed E-state index contributed by atoms with van der Waals surface area (Å²) in [6, 6.07) is 0. The van der Waals surface area contributed by atoms with Gasteiger partial charge in [0.25, 0.3) is 5.56 Å². The maximum absolute atomic E-state index is 12.0. The molecule has 0 spiro atoms. The molecule has 0 bridgehead atoms. The Hall–Kier alpha value is -0.420. The molecule has 0 aromatic carbocycles. The zero-order valence-electron chi connectivity index (χ0n) is 8.24. The summed E-state index contributed by atoms with van der Waals surface area (Å²) in [5.41, 5.74) is 1.14. The SMILES string of the molecule is CCn1c(SC)nc2c(c1=O)SCC2. The maximum Gasteiger partial charge on any atom is 0.268 e. The third-order valence-electron chi connectivity index (χ3n) is 2.25. The van der Waals surface area contributed by atoms with Crippen molar-refractivity contribution >= 4 is 23.5 Å². The van der Waals surface area contributed by atoms with Crippen LogP contribution >= 0.6 is 23.5 Å². The van der Waals surface area contributed by atoms with Crippen LogP contribution in [-0.2, 0) is 13.0 Å². The highest BCUT2D eigenvalue weighted by Crippen LogP contribution is 2.27.